The Hall–Kier alpha value is -3.32. The van der Waals surface area contributed by atoms with E-state index in [2.05, 4.69) is 0 Å². The molecule has 1 N–H and O–H groups in total. The first-order chi connectivity index (χ1) is 16.3. The predicted octanol–water partition coefficient (Wildman–Crippen LogP) is 4.51. The van der Waals surface area contributed by atoms with Crippen molar-refractivity contribution in [3.8, 4) is 0 Å². The number of para-hydroxylation sites is 1. The van der Waals surface area contributed by atoms with Crippen LogP contribution in [0, 0.1) is 0 Å². The van der Waals surface area contributed by atoms with Gasteiger partial charge in [-0.2, -0.15) is 0 Å². The van der Waals surface area contributed by atoms with Gasteiger partial charge in [-0.25, -0.2) is 0 Å². The number of furan rings is 1. The molecule has 178 valence electrons. The van der Waals surface area contributed by atoms with Gasteiger partial charge in [0.1, 0.15) is 11.1 Å². The number of aliphatic carboxylic acids is 1. The summed E-state index contributed by atoms with van der Waals surface area (Å²) in [7, 11) is 0. The monoisotopic (exact) mass is 482 g/mol. The molecule has 1 saturated heterocycles. The first-order valence-corrected chi connectivity index (χ1v) is 11.7. The second-order valence-corrected chi connectivity index (χ2v) is 9.29. The van der Waals surface area contributed by atoms with E-state index in [9.17, 15) is 14.4 Å². The quantitative estimate of drug-likeness (QED) is 0.484. The lowest BCUT2D eigenvalue weighted by atomic mass is 9.84. The number of carboxylic acids is 1. The average Bonchev–Trinajstić information content (AvgIpc) is 3.19. The summed E-state index contributed by atoms with van der Waals surface area (Å²) >= 11 is 6.11. The summed E-state index contributed by atoms with van der Waals surface area (Å²) in [5, 5.41) is 10.5. The Morgan fingerprint density at radius 2 is 1.97 bits per heavy atom. The smallest absolute Gasteiger partial charge is 0.303 e. The van der Waals surface area contributed by atoms with Gasteiger partial charge >= 0.3 is 5.97 Å². The molecular formula is C26H27ClN2O5. The number of nitrogens with zero attached hydrogens (tertiary/aromatic N) is 2. The van der Waals surface area contributed by atoms with E-state index in [0.29, 0.717) is 31.0 Å². The number of carboxylic acid groups (broad SMARTS) is 1. The zero-order valence-electron chi connectivity index (χ0n) is 19.0. The van der Waals surface area contributed by atoms with Gasteiger partial charge in [-0.1, -0.05) is 41.9 Å². The van der Waals surface area contributed by atoms with E-state index in [4.69, 9.17) is 21.1 Å². The van der Waals surface area contributed by atoms with E-state index >= 15 is 0 Å². The molecule has 1 aliphatic heterocycles. The third kappa shape index (κ3) is 4.94. The van der Waals surface area contributed by atoms with Crippen molar-refractivity contribution in [2.75, 3.05) is 13.1 Å². The van der Waals surface area contributed by atoms with Crippen molar-refractivity contribution >= 4 is 40.4 Å². The molecule has 1 atom stereocenters. The highest BCUT2D eigenvalue weighted by Gasteiger charge is 2.50. The van der Waals surface area contributed by atoms with Crippen LogP contribution in [0.4, 0.5) is 0 Å². The molecule has 2 amide bonds. The lowest BCUT2D eigenvalue weighted by Crippen LogP contribution is -2.68. The molecule has 0 saturated carbocycles. The largest absolute Gasteiger partial charge is 0.481 e. The molecule has 1 aliphatic rings. The van der Waals surface area contributed by atoms with Crippen LogP contribution in [0.3, 0.4) is 0 Å². The molecule has 0 spiro atoms. The fraction of sp³-hybridized carbons (Fsp3) is 0.346. The number of rotatable bonds is 9. The predicted molar refractivity (Wildman–Crippen MR) is 128 cm³/mol. The highest BCUT2D eigenvalue weighted by atomic mass is 35.5. The molecule has 2 heterocycles. The number of hydrogen-bond donors (Lipinski definition) is 1. The standard InChI is InChI=1S/C26H27ClN2O5/c1-26(11-13-29(26)23(30)15-19-17-34-22-9-3-2-8-21(19)22)25(33)28(12-5-10-24(31)32)16-18-6-4-7-20(27)14-18/h2-4,6-9,14,17H,5,10-13,15-16H2,1H3,(H,31,32). The van der Waals surface area contributed by atoms with E-state index in [1.54, 1.807) is 35.1 Å². The Bertz CT molecular complexity index is 1220. The summed E-state index contributed by atoms with van der Waals surface area (Å²) in [4.78, 5) is 41.2. The Morgan fingerprint density at radius 3 is 2.68 bits per heavy atom. The molecule has 34 heavy (non-hydrogen) atoms. The number of halogens is 1. The van der Waals surface area contributed by atoms with Crippen LogP contribution in [0.5, 0.6) is 0 Å². The van der Waals surface area contributed by atoms with Gasteiger partial charge in [-0.15, -0.1) is 0 Å². The van der Waals surface area contributed by atoms with Gasteiger partial charge in [0, 0.05) is 42.0 Å². The van der Waals surface area contributed by atoms with Gasteiger partial charge in [-0.05, 0) is 43.5 Å². The molecule has 4 rings (SSSR count). The van der Waals surface area contributed by atoms with Crippen LogP contribution < -0.4 is 0 Å². The summed E-state index contributed by atoms with van der Waals surface area (Å²) in [5.41, 5.74) is 1.39. The number of carbonyl (C=O) groups is 3. The summed E-state index contributed by atoms with van der Waals surface area (Å²) in [6, 6.07) is 14.8. The first-order valence-electron chi connectivity index (χ1n) is 11.3. The molecule has 3 aromatic rings. The number of carbonyl (C=O) groups excluding carboxylic acids is 2. The summed E-state index contributed by atoms with van der Waals surface area (Å²) < 4.78 is 5.55. The number of benzene rings is 2. The topological polar surface area (TPSA) is 91.1 Å². The van der Waals surface area contributed by atoms with E-state index in [0.717, 1.165) is 22.1 Å². The van der Waals surface area contributed by atoms with Crippen molar-refractivity contribution in [2.24, 2.45) is 0 Å². The van der Waals surface area contributed by atoms with Gasteiger partial charge in [0.2, 0.25) is 11.8 Å². The Labute approximate surface area is 202 Å². The van der Waals surface area contributed by atoms with E-state index in [-0.39, 0.29) is 31.2 Å². The molecule has 0 radical (unpaired) electrons. The lowest BCUT2D eigenvalue weighted by molar-refractivity contribution is -0.164. The normalized spacial score (nSPS) is 17.4. The molecule has 2 aromatic carbocycles. The van der Waals surface area contributed by atoms with Crippen molar-refractivity contribution in [1.82, 2.24) is 9.80 Å². The minimum absolute atomic E-state index is 0.0355. The maximum Gasteiger partial charge on any atom is 0.303 e. The number of hydrogen-bond acceptors (Lipinski definition) is 4. The summed E-state index contributed by atoms with van der Waals surface area (Å²) in [5.74, 6) is -1.23. The Morgan fingerprint density at radius 1 is 1.18 bits per heavy atom. The number of likely N-dealkylation sites (tertiary alicyclic amines) is 1. The highest BCUT2D eigenvalue weighted by molar-refractivity contribution is 6.30. The van der Waals surface area contributed by atoms with E-state index in [1.165, 1.54) is 0 Å². The zero-order valence-corrected chi connectivity index (χ0v) is 19.8. The third-order valence-electron chi connectivity index (χ3n) is 6.45. The van der Waals surface area contributed by atoms with Crippen LogP contribution in [-0.2, 0) is 27.3 Å². The van der Waals surface area contributed by atoms with Crippen molar-refractivity contribution in [1.29, 1.82) is 0 Å². The number of fused-ring (bicyclic) bond motifs is 1. The molecule has 8 heteroatoms. The van der Waals surface area contributed by atoms with Gasteiger partial charge < -0.3 is 19.3 Å². The SMILES string of the molecule is CC1(C(=O)N(CCCC(=O)O)Cc2cccc(Cl)c2)CCN1C(=O)Cc1coc2ccccc12. The van der Waals surface area contributed by atoms with Crippen LogP contribution in [0.2, 0.25) is 5.02 Å². The molecule has 0 bridgehead atoms. The molecule has 0 aliphatic carbocycles. The van der Waals surface area contributed by atoms with Crippen LogP contribution in [0.1, 0.15) is 37.3 Å². The number of amides is 2. The highest BCUT2D eigenvalue weighted by Crippen LogP contribution is 2.34. The maximum atomic E-state index is 13.7. The minimum atomic E-state index is -0.974. The van der Waals surface area contributed by atoms with Crippen LogP contribution in [-0.4, -0.2) is 51.3 Å². The van der Waals surface area contributed by atoms with Gasteiger partial charge in [0.15, 0.2) is 0 Å². The zero-order chi connectivity index (χ0) is 24.3. The average molecular weight is 483 g/mol. The fourth-order valence-electron chi connectivity index (χ4n) is 4.48. The third-order valence-corrected chi connectivity index (χ3v) is 6.69. The van der Waals surface area contributed by atoms with Gasteiger partial charge in [0.25, 0.3) is 0 Å². The van der Waals surface area contributed by atoms with Crippen molar-refractivity contribution in [2.45, 2.75) is 44.7 Å². The van der Waals surface area contributed by atoms with Crippen molar-refractivity contribution in [3.63, 3.8) is 0 Å². The van der Waals surface area contributed by atoms with Gasteiger partial charge in [0.05, 0.1) is 12.7 Å². The molecular weight excluding hydrogens is 456 g/mol. The maximum absolute atomic E-state index is 13.7. The lowest BCUT2D eigenvalue weighted by Gasteiger charge is -2.51. The Balaban J connectivity index is 1.50. The molecule has 1 unspecified atom stereocenters. The Kier molecular flexibility index (Phi) is 6.93. The minimum Gasteiger partial charge on any atom is -0.481 e. The van der Waals surface area contributed by atoms with Crippen LogP contribution >= 0.6 is 11.6 Å². The summed E-state index contributed by atoms with van der Waals surface area (Å²) in [6.07, 6.45) is 2.58. The van der Waals surface area contributed by atoms with E-state index < -0.39 is 11.5 Å². The molecule has 1 aromatic heterocycles. The first kappa shape index (κ1) is 23.8. The second kappa shape index (κ2) is 9.89. The molecule has 1 fully saturated rings. The van der Waals surface area contributed by atoms with E-state index in [1.807, 2.05) is 36.4 Å². The second-order valence-electron chi connectivity index (χ2n) is 8.86. The van der Waals surface area contributed by atoms with Crippen molar-refractivity contribution in [3.05, 3.63) is 70.9 Å². The van der Waals surface area contributed by atoms with Gasteiger partial charge in [-0.3, -0.25) is 14.4 Å². The fourth-order valence-corrected chi connectivity index (χ4v) is 4.69. The molecule has 7 nitrogen and oxygen atoms in total. The summed E-state index contributed by atoms with van der Waals surface area (Å²) in [6.45, 7) is 2.86. The van der Waals surface area contributed by atoms with Crippen LogP contribution in [0.15, 0.2) is 59.2 Å². The van der Waals surface area contributed by atoms with Crippen LogP contribution in [0.25, 0.3) is 11.0 Å². The van der Waals surface area contributed by atoms with Crippen molar-refractivity contribution < 1.29 is 23.9 Å².